The van der Waals surface area contributed by atoms with Crippen molar-refractivity contribution in [3.8, 4) is 11.5 Å². The number of benzene rings is 2. The zero-order valence-corrected chi connectivity index (χ0v) is 15.7. The summed E-state index contributed by atoms with van der Waals surface area (Å²) in [6, 6.07) is 6.46. The first-order valence-electron chi connectivity index (χ1n) is 7.57. The lowest BCUT2D eigenvalue weighted by molar-refractivity contribution is 0.0783. The number of nitrogens with zero attached hydrogens (tertiary/aromatic N) is 1. The number of amides is 1. The summed E-state index contributed by atoms with van der Waals surface area (Å²) in [6.07, 6.45) is 0. The third kappa shape index (κ3) is 4.48. The van der Waals surface area contributed by atoms with Crippen LogP contribution < -0.4 is 9.47 Å². The lowest BCUT2D eigenvalue weighted by atomic mass is 10.1. The Morgan fingerprint density at radius 2 is 1.96 bits per heavy atom. The van der Waals surface area contributed by atoms with Gasteiger partial charge < -0.3 is 14.4 Å². The highest BCUT2D eigenvalue weighted by atomic mass is 79.9. The summed E-state index contributed by atoms with van der Waals surface area (Å²) in [7, 11) is 3.03. The van der Waals surface area contributed by atoms with Crippen molar-refractivity contribution in [3.05, 3.63) is 57.6 Å². The van der Waals surface area contributed by atoms with Gasteiger partial charge in [0.2, 0.25) is 0 Å². The quantitative estimate of drug-likeness (QED) is 0.703. The van der Waals surface area contributed by atoms with Crippen molar-refractivity contribution in [2.45, 2.75) is 13.5 Å². The normalized spacial score (nSPS) is 10.5. The Labute approximate surface area is 153 Å². The number of ether oxygens (including phenoxy) is 2. The average Bonchev–Trinajstić information content (AvgIpc) is 2.58. The zero-order chi connectivity index (χ0) is 18.6. The van der Waals surface area contributed by atoms with Crippen molar-refractivity contribution in [1.29, 1.82) is 0 Å². The second-order valence-electron chi connectivity index (χ2n) is 5.32. The molecule has 134 valence electrons. The van der Waals surface area contributed by atoms with E-state index >= 15 is 0 Å². The van der Waals surface area contributed by atoms with Crippen LogP contribution in [-0.2, 0) is 6.54 Å². The highest BCUT2D eigenvalue weighted by molar-refractivity contribution is 9.10. The minimum atomic E-state index is -0.690. The number of halogens is 3. The van der Waals surface area contributed by atoms with Gasteiger partial charge in [-0.15, -0.1) is 0 Å². The molecule has 4 nitrogen and oxygen atoms in total. The van der Waals surface area contributed by atoms with E-state index < -0.39 is 11.6 Å². The van der Waals surface area contributed by atoms with Crippen molar-refractivity contribution in [1.82, 2.24) is 4.90 Å². The van der Waals surface area contributed by atoms with Gasteiger partial charge >= 0.3 is 0 Å². The molecule has 1 amide bonds. The van der Waals surface area contributed by atoms with Crippen molar-refractivity contribution in [2.24, 2.45) is 0 Å². The molecule has 25 heavy (non-hydrogen) atoms. The minimum Gasteiger partial charge on any atom is -0.493 e. The fraction of sp³-hybridized carbons (Fsp3) is 0.278. The van der Waals surface area contributed by atoms with E-state index in [4.69, 9.17) is 9.47 Å². The van der Waals surface area contributed by atoms with Gasteiger partial charge in [0.25, 0.3) is 5.91 Å². The zero-order valence-electron chi connectivity index (χ0n) is 14.1. The summed E-state index contributed by atoms with van der Waals surface area (Å²) in [4.78, 5) is 14.0. The topological polar surface area (TPSA) is 38.8 Å². The van der Waals surface area contributed by atoms with Gasteiger partial charge in [-0.05, 0) is 41.1 Å². The number of hydrogen-bond donors (Lipinski definition) is 0. The molecule has 0 N–H and O–H groups in total. The Morgan fingerprint density at radius 1 is 1.24 bits per heavy atom. The predicted octanol–water partition coefficient (Wildman–Crippen LogP) is 4.41. The van der Waals surface area contributed by atoms with Gasteiger partial charge in [0.05, 0.1) is 18.2 Å². The first-order valence-corrected chi connectivity index (χ1v) is 8.36. The number of rotatable bonds is 6. The molecule has 0 aromatic heterocycles. The lowest BCUT2D eigenvalue weighted by Gasteiger charge is -2.19. The largest absolute Gasteiger partial charge is 0.493 e. The number of carbonyl (C=O) groups is 1. The van der Waals surface area contributed by atoms with Gasteiger partial charge in [-0.3, -0.25) is 4.79 Å². The van der Waals surface area contributed by atoms with Crippen molar-refractivity contribution < 1.29 is 23.0 Å². The van der Waals surface area contributed by atoms with Crippen LogP contribution in [0, 0.1) is 11.6 Å². The molecule has 0 saturated heterocycles. The lowest BCUT2D eigenvalue weighted by Crippen LogP contribution is -2.26. The second kappa shape index (κ2) is 8.29. The van der Waals surface area contributed by atoms with Crippen LogP contribution in [0.4, 0.5) is 8.78 Å². The second-order valence-corrected chi connectivity index (χ2v) is 6.17. The Morgan fingerprint density at radius 3 is 2.56 bits per heavy atom. The van der Waals surface area contributed by atoms with Crippen LogP contribution in [0.2, 0.25) is 0 Å². The molecular formula is C18H18BrF2NO3. The van der Waals surface area contributed by atoms with Crippen LogP contribution in [-0.4, -0.2) is 31.6 Å². The summed E-state index contributed by atoms with van der Waals surface area (Å²) in [6.45, 7) is 2.31. The molecule has 0 aliphatic heterocycles. The molecule has 0 radical (unpaired) electrons. The van der Waals surface area contributed by atoms with Gasteiger partial charge in [0.1, 0.15) is 11.6 Å². The maximum Gasteiger partial charge on any atom is 0.254 e. The summed E-state index contributed by atoms with van der Waals surface area (Å²) in [5, 5.41) is 0. The molecular weight excluding hydrogens is 396 g/mol. The molecule has 0 bridgehead atoms. The fourth-order valence-corrected chi connectivity index (χ4v) is 2.88. The number of carbonyl (C=O) groups excluding carboxylic acids is 1. The van der Waals surface area contributed by atoms with Gasteiger partial charge in [-0.25, -0.2) is 8.78 Å². The molecule has 2 aromatic rings. The van der Waals surface area contributed by atoms with E-state index in [1.165, 1.54) is 18.1 Å². The van der Waals surface area contributed by atoms with E-state index in [2.05, 4.69) is 15.9 Å². The molecule has 0 fully saturated rings. The van der Waals surface area contributed by atoms with Crippen LogP contribution in [0.15, 0.2) is 34.8 Å². The first kappa shape index (κ1) is 19.2. The molecule has 0 unspecified atom stereocenters. The molecule has 7 heteroatoms. The third-order valence-electron chi connectivity index (χ3n) is 3.53. The first-order chi connectivity index (χ1) is 11.9. The van der Waals surface area contributed by atoms with E-state index in [0.717, 1.165) is 12.1 Å². The van der Waals surface area contributed by atoms with Crippen molar-refractivity contribution in [2.75, 3.05) is 20.8 Å². The van der Waals surface area contributed by atoms with E-state index in [0.29, 0.717) is 28.1 Å². The van der Waals surface area contributed by atoms with Gasteiger partial charge in [-0.1, -0.05) is 6.07 Å². The molecule has 2 rings (SSSR count). The molecule has 0 aliphatic carbocycles. The number of hydrogen-bond acceptors (Lipinski definition) is 3. The molecule has 0 aliphatic rings. The van der Waals surface area contributed by atoms with E-state index in [9.17, 15) is 13.6 Å². The standard InChI is InChI=1S/C18H18BrF2NO3/c1-4-25-17-14(19)7-12(8-16(17)24-3)18(23)22(2)10-11-5-6-13(20)9-15(11)21/h5-9H,4,10H2,1-3H3. The van der Waals surface area contributed by atoms with E-state index in [-0.39, 0.29) is 18.0 Å². The van der Waals surface area contributed by atoms with Crippen molar-refractivity contribution >= 4 is 21.8 Å². The van der Waals surface area contributed by atoms with E-state index in [1.54, 1.807) is 19.2 Å². The van der Waals surface area contributed by atoms with Gasteiger partial charge in [0, 0.05) is 30.8 Å². The van der Waals surface area contributed by atoms with Gasteiger partial charge in [0.15, 0.2) is 11.5 Å². The van der Waals surface area contributed by atoms with Gasteiger partial charge in [-0.2, -0.15) is 0 Å². The summed E-state index contributed by atoms with van der Waals surface area (Å²) in [5.41, 5.74) is 0.589. The molecule has 2 aromatic carbocycles. The van der Waals surface area contributed by atoms with Crippen LogP contribution in [0.3, 0.4) is 0 Å². The van der Waals surface area contributed by atoms with Crippen LogP contribution in [0.5, 0.6) is 11.5 Å². The summed E-state index contributed by atoms with van der Waals surface area (Å²) < 4.78 is 38.1. The number of methoxy groups -OCH3 is 1. The Hall–Kier alpha value is -2.15. The Kier molecular flexibility index (Phi) is 6.36. The van der Waals surface area contributed by atoms with Crippen LogP contribution in [0.25, 0.3) is 0 Å². The maximum absolute atomic E-state index is 13.8. The Balaban J connectivity index is 2.25. The van der Waals surface area contributed by atoms with Crippen molar-refractivity contribution in [3.63, 3.8) is 0 Å². The highest BCUT2D eigenvalue weighted by Gasteiger charge is 2.19. The molecule has 0 atom stereocenters. The molecule has 0 heterocycles. The smallest absolute Gasteiger partial charge is 0.254 e. The highest BCUT2D eigenvalue weighted by Crippen LogP contribution is 2.37. The molecule has 0 saturated carbocycles. The fourth-order valence-electron chi connectivity index (χ4n) is 2.33. The summed E-state index contributed by atoms with van der Waals surface area (Å²) >= 11 is 3.37. The summed E-state index contributed by atoms with van der Waals surface area (Å²) in [5.74, 6) is -0.749. The average molecular weight is 414 g/mol. The maximum atomic E-state index is 13.8. The van der Waals surface area contributed by atoms with E-state index in [1.807, 2.05) is 6.92 Å². The van der Waals surface area contributed by atoms with Crippen LogP contribution >= 0.6 is 15.9 Å². The Bertz CT molecular complexity index is 783. The monoisotopic (exact) mass is 413 g/mol. The third-order valence-corrected chi connectivity index (χ3v) is 4.12. The molecule has 0 spiro atoms. The minimum absolute atomic E-state index is 0.0120. The predicted molar refractivity (Wildman–Crippen MR) is 94.0 cm³/mol. The van der Waals surface area contributed by atoms with Crippen LogP contribution in [0.1, 0.15) is 22.8 Å². The SMILES string of the molecule is CCOc1c(Br)cc(C(=O)N(C)Cc2ccc(F)cc2F)cc1OC.